The number of nitrogens with zero attached hydrogens (tertiary/aromatic N) is 8. The minimum atomic E-state index is 0.568. The van der Waals surface area contributed by atoms with Crippen LogP contribution < -0.4 is 0 Å². The molecule has 0 radical (unpaired) electrons. The Bertz CT molecular complexity index is 7850. The first-order valence-electron chi connectivity index (χ1n) is 39.7. The molecule has 0 saturated heterocycles. The molecule has 0 bridgehead atoms. The Balaban J connectivity index is 0.606. The van der Waals surface area contributed by atoms with Gasteiger partial charge in [-0.05, 0) is 188 Å². The summed E-state index contributed by atoms with van der Waals surface area (Å²) < 4.78 is 18.4. The predicted molar refractivity (Wildman–Crippen MR) is 482 cm³/mol. The average molecular weight is 1510 g/mol. The summed E-state index contributed by atoms with van der Waals surface area (Å²) in [4.78, 5) is 31.0. The average Bonchev–Trinajstić information content (AvgIpc) is 1.58. The van der Waals surface area contributed by atoms with E-state index in [-0.39, 0.29) is 0 Å². The lowest BCUT2D eigenvalue weighted by molar-refractivity contribution is 0.669. The Morgan fingerprint density at radius 3 is 0.881 bits per heavy atom. The topological polar surface area (TPSA) is 113 Å². The Labute approximate surface area is 677 Å². The molecule has 0 unspecified atom stereocenters. The van der Waals surface area contributed by atoms with Crippen molar-refractivity contribution in [2.24, 2.45) is 0 Å². The van der Waals surface area contributed by atoms with Crippen LogP contribution in [0.3, 0.4) is 0 Å². The van der Waals surface area contributed by atoms with E-state index in [1.165, 1.54) is 10.8 Å². The van der Waals surface area contributed by atoms with E-state index in [1.807, 2.05) is 91.0 Å². The fraction of sp³-hybridized carbons (Fsp3) is 0. The summed E-state index contributed by atoms with van der Waals surface area (Å²) in [5, 5.41) is 8.89. The number of rotatable bonds is 14. The standard InChI is InChI=1S/C108H66N8O2/c1-6-25-68(26-7-1)103-109-104(69-27-8-2-9-28-69)112-107(111-103)79-35-23-32-73(58-79)72-31-22-34-75(57-72)82-64-89(102-87-43-18-21-46-98(87)118-100(102)66-82)78-53-56-96-92(62-78)91-60-76(51-54-95(91)116(96)84-39-14-5-15-40-84)74-33-24-36-80(59-74)108-113-105(70-29-10-3-11-30-70)110-106(114-108)71-49-47-67(48-50-71)81-63-88(101-86-42-17-20-45-97(86)117-99(101)65-81)77-52-55-94-90(61-77)85-41-16-19-44-93(85)115(94)83-37-12-4-13-38-83/h1-66H. The highest BCUT2D eigenvalue weighted by Gasteiger charge is 2.24. The van der Waals surface area contributed by atoms with E-state index in [4.69, 9.17) is 38.7 Å². The van der Waals surface area contributed by atoms with Gasteiger partial charge in [-0.25, -0.2) is 29.9 Å². The zero-order valence-corrected chi connectivity index (χ0v) is 63.5. The molecular formula is C108H66N8O2. The van der Waals surface area contributed by atoms with Gasteiger partial charge in [-0.2, -0.15) is 0 Å². The van der Waals surface area contributed by atoms with E-state index in [9.17, 15) is 0 Å². The maximum Gasteiger partial charge on any atom is 0.164 e. The lowest BCUT2D eigenvalue weighted by atomic mass is 9.92. The molecule has 10 heteroatoms. The van der Waals surface area contributed by atoms with Crippen LogP contribution in [-0.4, -0.2) is 39.0 Å². The molecule has 0 aliphatic rings. The van der Waals surface area contributed by atoms with Crippen molar-refractivity contribution in [1.82, 2.24) is 39.0 Å². The van der Waals surface area contributed by atoms with Gasteiger partial charge in [0.15, 0.2) is 34.9 Å². The smallest absolute Gasteiger partial charge is 0.164 e. The molecule has 0 aliphatic carbocycles. The molecule has 550 valence electrons. The monoisotopic (exact) mass is 1510 g/mol. The van der Waals surface area contributed by atoms with E-state index < -0.39 is 0 Å². The highest BCUT2D eigenvalue weighted by molar-refractivity contribution is 6.18. The van der Waals surface area contributed by atoms with Crippen LogP contribution in [0.2, 0.25) is 0 Å². The van der Waals surface area contributed by atoms with Gasteiger partial charge in [-0.15, -0.1) is 0 Å². The Kier molecular flexibility index (Phi) is 16.0. The number of benzene rings is 17. The highest BCUT2D eigenvalue weighted by Crippen LogP contribution is 2.47. The molecule has 10 nitrogen and oxygen atoms in total. The molecule has 0 N–H and O–H groups in total. The lowest BCUT2D eigenvalue weighted by Crippen LogP contribution is -2.00. The van der Waals surface area contributed by atoms with Crippen LogP contribution in [0.15, 0.2) is 409 Å². The third kappa shape index (κ3) is 11.8. The van der Waals surface area contributed by atoms with Crippen LogP contribution >= 0.6 is 0 Å². The fourth-order valence-electron chi connectivity index (χ4n) is 17.4. The second-order valence-corrected chi connectivity index (χ2v) is 30.1. The molecule has 6 heterocycles. The molecule has 6 aromatic heterocycles. The van der Waals surface area contributed by atoms with Crippen molar-refractivity contribution >= 4 is 87.5 Å². The van der Waals surface area contributed by atoms with Gasteiger partial charge in [0.25, 0.3) is 0 Å². The van der Waals surface area contributed by atoms with Gasteiger partial charge in [-0.3, -0.25) is 0 Å². The summed E-state index contributed by atoms with van der Waals surface area (Å²) in [7, 11) is 0. The van der Waals surface area contributed by atoms with Crippen molar-refractivity contribution in [3.63, 3.8) is 0 Å². The normalized spacial score (nSPS) is 11.7. The molecule has 0 spiro atoms. The molecule has 0 saturated carbocycles. The molecule has 23 rings (SSSR count). The molecule has 17 aromatic carbocycles. The highest BCUT2D eigenvalue weighted by atomic mass is 16.3. The van der Waals surface area contributed by atoms with Crippen molar-refractivity contribution in [2.45, 2.75) is 0 Å². The van der Waals surface area contributed by atoms with E-state index >= 15 is 0 Å². The number of hydrogen-bond acceptors (Lipinski definition) is 8. The van der Waals surface area contributed by atoms with Crippen molar-refractivity contribution in [3.8, 4) is 146 Å². The van der Waals surface area contributed by atoms with Gasteiger partial charge >= 0.3 is 0 Å². The van der Waals surface area contributed by atoms with E-state index in [0.717, 1.165) is 188 Å². The molecule has 0 amide bonds. The maximum atomic E-state index is 6.86. The summed E-state index contributed by atoms with van der Waals surface area (Å²) in [6, 6.07) is 141. The van der Waals surface area contributed by atoms with Crippen LogP contribution in [-0.2, 0) is 0 Å². The van der Waals surface area contributed by atoms with Gasteiger partial charge in [0, 0.05) is 87.8 Å². The van der Waals surface area contributed by atoms with Gasteiger partial charge in [0.2, 0.25) is 0 Å². The first-order valence-corrected chi connectivity index (χ1v) is 39.7. The largest absolute Gasteiger partial charge is 0.456 e. The first-order chi connectivity index (χ1) is 58.4. The number of furan rings is 2. The number of fused-ring (bicyclic) bond motifs is 12. The van der Waals surface area contributed by atoms with Crippen molar-refractivity contribution in [2.75, 3.05) is 0 Å². The number of hydrogen-bond donors (Lipinski definition) is 0. The summed E-state index contributed by atoms with van der Waals surface area (Å²) in [6.07, 6.45) is 0. The maximum absolute atomic E-state index is 6.86. The summed E-state index contributed by atoms with van der Waals surface area (Å²) in [6.45, 7) is 0. The number of aromatic nitrogens is 8. The SMILES string of the molecule is c1ccc(-c2nc(-c3ccccc3)nc(-c3cccc(-c4cccc(-c5cc(-c6ccc7c(c6)c6cc(-c8cccc(-c9nc(-c%10ccccc%10)nc(-c%10ccc(-c%11cc(-c%12ccc%13c(c%12)c%12ccccc%12n%13-c%12ccccc%12)c%12c(c%11)oc%11ccccc%11%12)cc%10)n9)c8)ccc6n7-c6ccccc6)c6c(c5)oc5ccccc56)c4)c3)n2)cc1. The molecule has 0 fully saturated rings. The zero-order valence-electron chi connectivity index (χ0n) is 63.5. The van der Waals surface area contributed by atoms with E-state index in [0.29, 0.717) is 34.9 Å². The zero-order chi connectivity index (χ0) is 77.7. The lowest BCUT2D eigenvalue weighted by Gasteiger charge is -2.12. The van der Waals surface area contributed by atoms with E-state index in [2.05, 4.69) is 319 Å². The quantitative estimate of drug-likeness (QED) is 0.106. The van der Waals surface area contributed by atoms with Crippen LogP contribution in [0.1, 0.15) is 0 Å². The molecule has 0 atom stereocenters. The van der Waals surface area contributed by atoms with Crippen LogP contribution in [0.5, 0.6) is 0 Å². The van der Waals surface area contributed by atoms with Crippen molar-refractivity contribution in [3.05, 3.63) is 400 Å². The third-order valence-corrected chi connectivity index (χ3v) is 23.0. The molecule has 118 heavy (non-hydrogen) atoms. The van der Waals surface area contributed by atoms with Crippen molar-refractivity contribution in [1.29, 1.82) is 0 Å². The summed E-state index contributed by atoms with van der Waals surface area (Å²) in [5.74, 6) is 3.56. The third-order valence-electron chi connectivity index (χ3n) is 23.0. The second-order valence-electron chi connectivity index (χ2n) is 30.1. The van der Waals surface area contributed by atoms with E-state index in [1.54, 1.807) is 0 Å². The predicted octanol–water partition coefficient (Wildman–Crippen LogP) is 28.1. The molecular weight excluding hydrogens is 1440 g/mol. The van der Waals surface area contributed by atoms with Gasteiger partial charge in [-0.1, -0.05) is 279 Å². The number of para-hydroxylation sites is 5. The van der Waals surface area contributed by atoms with Gasteiger partial charge in [0.05, 0.1) is 22.1 Å². The van der Waals surface area contributed by atoms with Crippen LogP contribution in [0.4, 0.5) is 0 Å². The summed E-state index contributed by atoms with van der Waals surface area (Å²) >= 11 is 0. The molecule has 0 aliphatic heterocycles. The first kappa shape index (κ1) is 67.6. The van der Waals surface area contributed by atoms with Crippen molar-refractivity contribution < 1.29 is 8.83 Å². The van der Waals surface area contributed by atoms with Gasteiger partial charge < -0.3 is 18.0 Å². The second kappa shape index (κ2) is 28.0. The Morgan fingerprint density at radius 1 is 0.161 bits per heavy atom. The van der Waals surface area contributed by atoms with Crippen LogP contribution in [0.25, 0.3) is 234 Å². The minimum absolute atomic E-state index is 0.568. The Hall–Kier alpha value is -16.0. The fourth-order valence-corrected chi connectivity index (χ4v) is 17.4. The van der Waals surface area contributed by atoms with Gasteiger partial charge in [0.1, 0.15) is 22.3 Å². The van der Waals surface area contributed by atoms with Crippen LogP contribution in [0, 0.1) is 0 Å². The Morgan fingerprint density at radius 2 is 0.441 bits per heavy atom. The minimum Gasteiger partial charge on any atom is -0.456 e. The molecule has 23 aromatic rings. The summed E-state index contributed by atoms with van der Waals surface area (Å²) in [5.41, 5.74) is 28.0.